The van der Waals surface area contributed by atoms with Gasteiger partial charge in [-0.1, -0.05) is 19.1 Å². The number of hydrogen-bond acceptors (Lipinski definition) is 4. The van der Waals surface area contributed by atoms with Crippen LogP contribution in [0, 0.1) is 0 Å². The molecule has 0 aliphatic heterocycles. The van der Waals surface area contributed by atoms with Crippen LogP contribution in [0.3, 0.4) is 0 Å². The summed E-state index contributed by atoms with van der Waals surface area (Å²) in [5, 5.41) is 9.34. The maximum Gasteiger partial charge on any atom is 0.410 e. The van der Waals surface area contributed by atoms with Gasteiger partial charge in [-0.3, -0.25) is 4.90 Å². The Bertz CT molecular complexity index is 550. The fourth-order valence-electron chi connectivity index (χ4n) is 1.84. The van der Waals surface area contributed by atoms with E-state index in [2.05, 4.69) is 0 Å². The van der Waals surface area contributed by atoms with E-state index in [1.54, 1.807) is 26.8 Å². The average molecular weight is 323 g/mol. The molecule has 0 fully saturated rings. The SMILES string of the molecule is CCc1cccc(OC[C@@H](C(=O)O)N(C)C(=O)OC(C)(C)C)c1. The van der Waals surface area contributed by atoms with Crippen LogP contribution in [0.25, 0.3) is 0 Å². The Labute approximate surface area is 137 Å². The second-order valence-electron chi connectivity index (χ2n) is 6.26. The number of ether oxygens (including phenoxy) is 2. The number of benzene rings is 1. The van der Waals surface area contributed by atoms with E-state index >= 15 is 0 Å². The number of aryl methyl sites for hydroxylation is 1. The molecule has 0 aromatic heterocycles. The Morgan fingerprint density at radius 2 is 1.96 bits per heavy atom. The molecule has 0 heterocycles. The molecule has 1 N–H and O–H groups in total. The van der Waals surface area contributed by atoms with E-state index in [1.165, 1.54) is 7.05 Å². The summed E-state index contributed by atoms with van der Waals surface area (Å²) in [5.41, 5.74) is 0.403. The number of aliphatic carboxylic acids is 1. The molecule has 0 radical (unpaired) electrons. The first-order chi connectivity index (χ1) is 10.6. The Morgan fingerprint density at radius 1 is 1.30 bits per heavy atom. The van der Waals surface area contributed by atoms with Crippen molar-refractivity contribution in [2.45, 2.75) is 45.8 Å². The minimum Gasteiger partial charge on any atom is -0.491 e. The maximum absolute atomic E-state index is 12.0. The highest BCUT2D eigenvalue weighted by atomic mass is 16.6. The third kappa shape index (κ3) is 6.18. The number of carboxylic acid groups (broad SMARTS) is 1. The van der Waals surface area contributed by atoms with Crippen molar-refractivity contribution in [3.05, 3.63) is 29.8 Å². The zero-order valence-corrected chi connectivity index (χ0v) is 14.3. The minimum atomic E-state index is -1.15. The van der Waals surface area contributed by atoms with Crippen LogP contribution >= 0.6 is 0 Å². The van der Waals surface area contributed by atoms with Gasteiger partial charge in [0.05, 0.1) is 0 Å². The van der Waals surface area contributed by atoms with Crippen molar-refractivity contribution < 1.29 is 24.2 Å². The molecule has 1 aromatic carbocycles. The van der Waals surface area contributed by atoms with Gasteiger partial charge in [0, 0.05) is 7.05 Å². The molecule has 0 aliphatic carbocycles. The summed E-state index contributed by atoms with van der Waals surface area (Å²) in [6.07, 6.45) is 0.160. The number of amides is 1. The van der Waals surface area contributed by atoms with Gasteiger partial charge < -0.3 is 14.6 Å². The second-order valence-corrected chi connectivity index (χ2v) is 6.26. The molecule has 0 bridgehead atoms. The first-order valence-corrected chi connectivity index (χ1v) is 7.54. The molecule has 1 amide bonds. The lowest BCUT2D eigenvalue weighted by Crippen LogP contribution is -2.47. The number of carboxylic acids is 1. The van der Waals surface area contributed by atoms with Crippen molar-refractivity contribution in [2.24, 2.45) is 0 Å². The van der Waals surface area contributed by atoms with E-state index in [-0.39, 0.29) is 6.61 Å². The standard InChI is InChI=1S/C17H25NO5/c1-6-12-8-7-9-13(10-12)22-11-14(15(19)20)18(5)16(21)23-17(2,3)4/h7-10,14H,6,11H2,1-5H3,(H,19,20)/t14-/m0/s1. The summed E-state index contributed by atoms with van der Waals surface area (Å²) in [6, 6.07) is 6.29. The fourth-order valence-corrected chi connectivity index (χ4v) is 1.84. The van der Waals surface area contributed by atoms with Gasteiger partial charge >= 0.3 is 12.1 Å². The van der Waals surface area contributed by atoms with E-state index in [0.29, 0.717) is 5.75 Å². The topological polar surface area (TPSA) is 76.1 Å². The molecule has 0 saturated heterocycles. The molecule has 1 atom stereocenters. The van der Waals surface area contributed by atoms with Crippen LogP contribution in [-0.2, 0) is 16.0 Å². The molecular weight excluding hydrogens is 298 g/mol. The summed E-state index contributed by atoms with van der Waals surface area (Å²) < 4.78 is 10.7. The number of carbonyl (C=O) groups excluding carboxylic acids is 1. The van der Waals surface area contributed by atoms with Gasteiger partial charge in [0.1, 0.15) is 18.0 Å². The summed E-state index contributed by atoms with van der Waals surface area (Å²) in [7, 11) is 1.39. The zero-order valence-electron chi connectivity index (χ0n) is 14.3. The zero-order chi connectivity index (χ0) is 17.6. The Morgan fingerprint density at radius 3 is 2.48 bits per heavy atom. The van der Waals surface area contributed by atoms with Crippen LogP contribution in [-0.4, -0.2) is 47.4 Å². The maximum atomic E-state index is 12.0. The van der Waals surface area contributed by atoms with Gasteiger partial charge in [-0.05, 0) is 44.9 Å². The number of likely N-dealkylation sites (N-methyl/N-ethyl adjacent to an activating group) is 1. The highest BCUT2D eigenvalue weighted by Gasteiger charge is 2.30. The molecule has 0 spiro atoms. The lowest BCUT2D eigenvalue weighted by molar-refractivity contribution is -0.143. The Balaban J connectivity index is 2.74. The van der Waals surface area contributed by atoms with E-state index in [1.807, 2.05) is 25.1 Å². The normalized spacial score (nSPS) is 12.4. The van der Waals surface area contributed by atoms with Crippen molar-refractivity contribution in [3.8, 4) is 5.75 Å². The summed E-state index contributed by atoms with van der Waals surface area (Å²) >= 11 is 0. The monoisotopic (exact) mass is 323 g/mol. The predicted octanol–water partition coefficient (Wildman–Crippen LogP) is 2.95. The summed E-state index contributed by atoms with van der Waals surface area (Å²) in [6.45, 7) is 7.04. The number of hydrogen-bond donors (Lipinski definition) is 1. The van der Waals surface area contributed by atoms with Gasteiger partial charge in [-0.25, -0.2) is 9.59 Å². The van der Waals surface area contributed by atoms with Crippen LogP contribution in [0.1, 0.15) is 33.3 Å². The number of carbonyl (C=O) groups is 2. The molecular formula is C17H25NO5. The molecule has 6 heteroatoms. The van der Waals surface area contributed by atoms with Gasteiger partial charge in [-0.2, -0.15) is 0 Å². The lowest BCUT2D eigenvalue weighted by atomic mass is 10.2. The molecule has 0 aliphatic rings. The van der Waals surface area contributed by atoms with Crippen molar-refractivity contribution in [1.29, 1.82) is 0 Å². The van der Waals surface area contributed by atoms with Crippen molar-refractivity contribution in [3.63, 3.8) is 0 Å². The number of rotatable bonds is 6. The molecule has 1 rings (SSSR count). The van der Waals surface area contributed by atoms with Crippen molar-refractivity contribution in [1.82, 2.24) is 4.90 Å². The lowest BCUT2D eigenvalue weighted by Gasteiger charge is -2.28. The van der Waals surface area contributed by atoms with Crippen LogP contribution < -0.4 is 4.74 Å². The van der Waals surface area contributed by atoms with Crippen LogP contribution in [0.4, 0.5) is 4.79 Å². The summed E-state index contributed by atoms with van der Waals surface area (Å²) in [5.74, 6) is -0.571. The fraction of sp³-hybridized carbons (Fsp3) is 0.529. The molecule has 6 nitrogen and oxygen atoms in total. The predicted molar refractivity (Wildman–Crippen MR) is 86.7 cm³/mol. The average Bonchev–Trinajstić information content (AvgIpc) is 2.45. The highest BCUT2D eigenvalue weighted by Crippen LogP contribution is 2.16. The second kappa shape index (κ2) is 7.85. The quantitative estimate of drug-likeness (QED) is 0.871. The van der Waals surface area contributed by atoms with E-state index in [0.717, 1.165) is 16.9 Å². The molecule has 0 unspecified atom stereocenters. The summed E-state index contributed by atoms with van der Waals surface area (Å²) in [4.78, 5) is 24.5. The minimum absolute atomic E-state index is 0.155. The van der Waals surface area contributed by atoms with E-state index < -0.39 is 23.7 Å². The Hall–Kier alpha value is -2.24. The van der Waals surface area contributed by atoms with E-state index in [4.69, 9.17) is 9.47 Å². The first-order valence-electron chi connectivity index (χ1n) is 7.54. The smallest absolute Gasteiger partial charge is 0.410 e. The molecule has 23 heavy (non-hydrogen) atoms. The van der Waals surface area contributed by atoms with Crippen LogP contribution in [0.5, 0.6) is 5.75 Å². The molecule has 1 aromatic rings. The highest BCUT2D eigenvalue weighted by molar-refractivity contribution is 5.80. The Kier molecular flexibility index (Phi) is 6.42. The first kappa shape index (κ1) is 18.8. The molecule has 128 valence electrons. The van der Waals surface area contributed by atoms with Crippen molar-refractivity contribution >= 4 is 12.1 Å². The van der Waals surface area contributed by atoms with Gasteiger partial charge in [-0.15, -0.1) is 0 Å². The third-order valence-corrected chi connectivity index (χ3v) is 3.15. The van der Waals surface area contributed by atoms with Crippen molar-refractivity contribution in [2.75, 3.05) is 13.7 Å². The van der Waals surface area contributed by atoms with Crippen LogP contribution in [0.15, 0.2) is 24.3 Å². The van der Waals surface area contributed by atoms with Crippen LogP contribution in [0.2, 0.25) is 0 Å². The largest absolute Gasteiger partial charge is 0.491 e. The third-order valence-electron chi connectivity index (χ3n) is 3.15. The molecule has 0 saturated carbocycles. The van der Waals surface area contributed by atoms with Gasteiger partial charge in [0.2, 0.25) is 0 Å². The van der Waals surface area contributed by atoms with E-state index in [9.17, 15) is 14.7 Å². The van der Waals surface area contributed by atoms with Gasteiger partial charge in [0.15, 0.2) is 6.04 Å². The number of nitrogens with zero attached hydrogens (tertiary/aromatic N) is 1. The van der Waals surface area contributed by atoms with Gasteiger partial charge in [0.25, 0.3) is 0 Å².